The lowest BCUT2D eigenvalue weighted by Gasteiger charge is -2.08. The first kappa shape index (κ1) is 13.5. The molecule has 0 amide bonds. The van der Waals surface area contributed by atoms with Gasteiger partial charge in [-0.05, 0) is 38.3 Å². The summed E-state index contributed by atoms with van der Waals surface area (Å²) in [5.74, 6) is 1.39. The van der Waals surface area contributed by atoms with Crippen molar-refractivity contribution in [3.05, 3.63) is 17.5 Å². The van der Waals surface area contributed by atoms with Gasteiger partial charge in [-0.2, -0.15) is 5.10 Å². The predicted molar refractivity (Wildman–Crippen MR) is 68.8 cm³/mol. The molecule has 0 saturated heterocycles. The van der Waals surface area contributed by atoms with Crippen LogP contribution in [0.3, 0.4) is 0 Å². The van der Waals surface area contributed by atoms with E-state index >= 15 is 0 Å². The van der Waals surface area contributed by atoms with E-state index in [9.17, 15) is 0 Å². The smallest absolute Gasteiger partial charge is 0.0597 e. The van der Waals surface area contributed by atoms with E-state index in [-0.39, 0.29) is 0 Å². The molecule has 1 rings (SSSR count). The zero-order valence-electron chi connectivity index (χ0n) is 10.5. The average molecular weight is 244 g/mol. The van der Waals surface area contributed by atoms with Gasteiger partial charge in [0.15, 0.2) is 0 Å². The van der Waals surface area contributed by atoms with Crippen LogP contribution in [0.4, 0.5) is 0 Å². The molecule has 1 unspecified atom stereocenters. The Hall–Kier alpha value is -0.540. The Balaban J connectivity index is 2.14. The van der Waals surface area contributed by atoms with E-state index in [0.717, 1.165) is 24.7 Å². The van der Waals surface area contributed by atoms with E-state index in [0.29, 0.717) is 5.92 Å². The summed E-state index contributed by atoms with van der Waals surface area (Å²) in [5, 5.41) is 7.74. The van der Waals surface area contributed by atoms with Crippen LogP contribution < -0.4 is 5.32 Å². The molecule has 0 bridgehead atoms. The molecular weight excluding hydrogens is 222 g/mol. The van der Waals surface area contributed by atoms with Crippen molar-refractivity contribution in [3.8, 4) is 0 Å². The number of alkyl halides is 1. The Labute approximate surface area is 103 Å². The molecule has 0 aliphatic heterocycles. The molecule has 0 fully saturated rings. The number of rotatable bonds is 7. The van der Waals surface area contributed by atoms with E-state index in [1.165, 1.54) is 18.5 Å². The maximum Gasteiger partial charge on any atom is 0.0597 e. The number of hydrogen-bond donors (Lipinski definition) is 1. The quantitative estimate of drug-likeness (QED) is 0.589. The van der Waals surface area contributed by atoms with Crippen molar-refractivity contribution in [1.29, 1.82) is 0 Å². The highest BCUT2D eigenvalue weighted by molar-refractivity contribution is 6.18. The highest BCUT2D eigenvalue weighted by atomic mass is 35.5. The van der Waals surface area contributed by atoms with Gasteiger partial charge in [0.05, 0.1) is 11.4 Å². The first-order chi connectivity index (χ1) is 7.63. The van der Waals surface area contributed by atoms with Crippen LogP contribution in [0.25, 0.3) is 0 Å². The lowest BCUT2D eigenvalue weighted by Crippen LogP contribution is -2.17. The largest absolute Gasteiger partial charge is 0.311 e. The number of nitrogens with one attached hydrogen (secondary N) is 1. The summed E-state index contributed by atoms with van der Waals surface area (Å²) in [6, 6.07) is 2.12. The Morgan fingerprint density at radius 2 is 2.31 bits per heavy atom. The lowest BCUT2D eigenvalue weighted by atomic mass is 10.1. The number of nitrogens with zero attached hydrogens (tertiary/aromatic N) is 2. The van der Waals surface area contributed by atoms with Crippen LogP contribution in [-0.2, 0) is 13.6 Å². The number of halogens is 1. The minimum atomic E-state index is 0.627. The van der Waals surface area contributed by atoms with Crippen molar-refractivity contribution in [2.75, 3.05) is 12.4 Å². The second-order valence-electron chi connectivity index (χ2n) is 4.48. The second-order valence-corrected chi connectivity index (χ2v) is 4.79. The predicted octanol–water partition coefficient (Wildman–Crippen LogP) is 2.47. The molecule has 1 aromatic rings. The van der Waals surface area contributed by atoms with Crippen LogP contribution in [0.15, 0.2) is 6.07 Å². The Morgan fingerprint density at radius 1 is 1.56 bits per heavy atom. The molecule has 1 atom stereocenters. The van der Waals surface area contributed by atoms with E-state index in [1.54, 1.807) is 0 Å². The molecule has 4 heteroatoms. The first-order valence-corrected chi connectivity index (χ1v) is 6.43. The van der Waals surface area contributed by atoms with Gasteiger partial charge in [0, 0.05) is 19.5 Å². The fourth-order valence-corrected chi connectivity index (χ4v) is 1.85. The summed E-state index contributed by atoms with van der Waals surface area (Å²) in [5.41, 5.74) is 2.32. The zero-order chi connectivity index (χ0) is 12.0. The molecule has 1 heterocycles. The van der Waals surface area contributed by atoms with Crippen LogP contribution in [0.1, 0.15) is 31.2 Å². The van der Waals surface area contributed by atoms with Gasteiger partial charge in [0.2, 0.25) is 0 Å². The van der Waals surface area contributed by atoms with Crippen molar-refractivity contribution >= 4 is 11.6 Å². The summed E-state index contributed by atoms with van der Waals surface area (Å²) >= 11 is 5.75. The van der Waals surface area contributed by atoms with Gasteiger partial charge in [-0.1, -0.05) is 6.92 Å². The van der Waals surface area contributed by atoms with Gasteiger partial charge >= 0.3 is 0 Å². The summed E-state index contributed by atoms with van der Waals surface area (Å²) in [6.07, 6.45) is 2.38. The van der Waals surface area contributed by atoms with Crippen molar-refractivity contribution in [1.82, 2.24) is 15.1 Å². The van der Waals surface area contributed by atoms with Gasteiger partial charge in [-0.25, -0.2) is 0 Å². The van der Waals surface area contributed by atoms with Gasteiger partial charge in [0.1, 0.15) is 0 Å². The van der Waals surface area contributed by atoms with Gasteiger partial charge < -0.3 is 5.32 Å². The monoisotopic (exact) mass is 243 g/mol. The number of hydrogen-bond acceptors (Lipinski definition) is 2. The van der Waals surface area contributed by atoms with Gasteiger partial charge in [-0.15, -0.1) is 11.6 Å². The van der Waals surface area contributed by atoms with Crippen LogP contribution in [0, 0.1) is 12.8 Å². The molecule has 1 N–H and O–H groups in total. The Morgan fingerprint density at radius 3 is 2.88 bits per heavy atom. The summed E-state index contributed by atoms with van der Waals surface area (Å²) in [7, 11) is 1.99. The van der Waals surface area contributed by atoms with E-state index < -0.39 is 0 Å². The van der Waals surface area contributed by atoms with Crippen LogP contribution >= 0.6 is 11.6 Å². The van der Waals surface area contributed by atoms with Crippen molar-refractivity contribution < 1.29 is 0 Å². The molecular formula is C12H22ClN3. The average Bonchev–Trinajstić information content (AvgIpc) is 2.56. The van der Waals surface area contributed by atoms with Gasteiger partial charge in [0.25, 0.3) is 0 Å². The maximum absolute atomic E-state index is 5.75. The molecule has 0 aliphatic rings. The molecule has 0 aromatic carbocycles. The fraction of sp³-hybridized carbons (Fsp3) is 0.750. The zero-order valence-corrected chi connectivity index (χ0v) is 11.2. The Bertz CT molecular complexity index is 309. The Kier molecular flexibility index (Phi) is 5.85. The van der Waals surface area contributed by atoms with E-state index in [4.69, 9.17) is 11.6 Å². The minimum absolute atomic E-state index is 0.627. The maximum atomic E-state index is 5.75. The second kappa shape index (κ2) is 6.92. The van der Waals surface area contributed by atoms with Crippen LogP contribution in [0.5, 0.6) is 0 Å². The third-order valence-corrected chi connectivity index (χ3v) is 3.25. The normalized spacial score (nSPS) is 13.0. The third kappa shape index (κ3) is 4.54. The highest BCUT2D eigenvalue weighted by Gasteiger charge is 2.02. The number of aryl methyl sites for hydroxylation is 2. The van der Waals surface area contributed by atoms with Crippen molar-refractivity contribution in [2.45, 2.75) is 33.2 Å². The molecule has 0 saturated carbocycles. The summed E-state index contributed by atoms with van der Waals surface area (Å²) < 4.78 is 1.93. The third-order valence-electron chi connectivity index (χ3n) is 2.72. The molecule has 16 heavy (non-hydrogen) atoms. The highest BCUT2D eigenvalue weighted by Crippen LogP contribution is 2.06. The van der Waals surface area contributed by atoms with Crippen molar-refractivity contribution in [3.63, 3.8) is 0 Å². The van der Waals surface area contributed by atoms with E-state index in [2.05, 4.69) is 23.4 Å². The summed E-state index contributed by atoms with van der Waals surface area (Å²) in [4.78, 5) is 0. The van der Waals surface area contributed by atoms with Crippen LogP contribution in [0.2, 0.25) is 0 Å². The summed E-state index contributed by atoms with van der Waals surface area (Å²) in [6.45, 7) is 6.15. The minimum Gasteiger partial charge on any atom is -0.311 e. The first-order valence-electron chi connectivity index (χ1n) is 5.89. The fourth-order valence-electron chi connectivity index (χ4n) is 1.70. The van der Waals surface area contributed by atoms with Crippen molar-refractivity contribution in [2.24, 2.45) is 13.0 Å². The topological polar surface area (TPSA) is 29.9 Å². The molecule has 0 spiro atoms. The van der Waals surface area contributed by atoms with E-state index in [1.807, 2.05) is 18.7 Å². The molecule has 1 aromatic heterocycles. The molecule has 0 radical (unpaired) electrons. The molecule has 0 aliphatic carbocycles. The molecule has 3 nitrogen and oxygen atoms in total. The number of aromatic nitrogens is 2. The van der Waals surface area contributed by atoms with Crippen LogP contribution in [-0.4, -0.2) is 22.2 Å². The van der Waals surface area contributed by atoms with Gasteiger partial charge in [-0.3, -0.25) is 4.68 Å². The molecule has 92 valence electrons. The SMILES string of the molecule is Cc1cc(CNCCCC(C)CCl)n(C)n1. The lowest BCUT2D eigenvalue weighted by molar-refractivity contribution is 0.524. The standard InChI is InChI=1S/C12H22ClN3/c1-10(8-13)5-4-6-14-9-12-7-11(2)15-16(12)3/h7,10,14H,4-6,8-9H2,1-3H3.